The molecule has 4 nitrogen and oxygen atoms in total. The van der Waals surface area contributed by atoms with Gasteiger partial charge < -0.3 is 18.3 Å². The molecule has 0 amide bonds. The maximum Gasteiger partial charge on any atom is 0.0788 e. The smallest absolute Gasteiger partial charge is 0.0788 e. The minimum atomic E-state index is 1.13. The second-order valence-electron chi connectivity index (χ2n) is 15.3. The third kappa shape index (κ3) is 4.23. The van der Waals surface area contributed by atoms with Gasteiger partial charge in [0.05, 0.1) is 44.1 Å². The number of benzene rings is 9. The first-order valence-corrected chi connectivity index (χ1v) is 20.0. The van der Waals surface area contributed by atoms with Crippen molar-refractivity contribution in [2.75, 3.05) is 0 Å². The third-order valence-electron chi connectivity index (χ3n) is 12.3. The van der Waals surface area contributed by atoms with E-state index in [2.05, 4.69) is 225 Å². The Morgan fingerprint density at radius 2 is 0.534 bits per heavy atom. The first-order chi connectivity index (χ1) is 28.8. The second-order valence-corrected chi connectivity index (χ2v) is 15.3. The number of fused-ring (bicyclic) bond motifs is 13. The van der Waals surface area contributed by atoms with Gasteiger partial charge in [-0.05, 0) is 78.9 Å². The average molecular weight is 739 g/mol. The summed E-state index contributed by atoms with van der Waals surface area (Å²) in [6, 6.07) is 75.5. The van der Waals surface area contributed by atoms with Crippen molar-refractivity contribution in [3.63, 3.8) is 0 Å². The van der Waals surface area contributed by atoms with Gasteiger partial charge in [-0.3, -0.25) is 0 Å². The Hall–Kier alpha value is -7.82. The first-order valence-electron chi connectivity index (χ1n) is 20.0. The summed E-state index contributed by atoms with van der Waals surface area (Å²) in [7, 11) is 0. The number of rotatable bonds is 4. The molecule has 13 rings (SSSR count). The molecule has 58 heavy (non-hydrogen) atoms. The molecule has 0 spiro atoms. The lowest BCUT2D eigenvalue weighted by atomic mass is 10.1. The SMILES string of the molecule is c1ccc(-n2c3ccccc3c3cc(-n4c5ccccc5c5ccc6c7ccccc7n(-c7ccc8c9ccccc9n(-c9ccccc9)c8c7)c6c54)ccc32)cc1. The molecular formula is C54H34N4. The molecule has 4 aromatic heterocycles. The molecule has 4 heterocycles. The zero-order chi connectivity index (χ0) is 37.9. The minimum absolute atomic E-state index is 1.13. The van der Waals surface area contributed by atoms with Gasteiger partial charge in [-0.25, -0.2) is 0 Å². The Balaban J connectivity index is 1.16. The van der Waals surface area contributed by atoms with Gasteiger partial charge in [0.25, 0.3) is 0 Å². The topological polar surface area (TPSA) is 19.7 Å². The average Bonchev–Trinajstić information content (AvgIpc) is 4.01. The van der Waals surface area contributed by atoms with E-state index in [9.17, 15) is 0 Å². The molecule has 0 unspecified atom stereocenters. The molecule has 0 N–H and O–H groups in total. The molecular weight excluding hydrogens is 705 g/mol. The molecule has 0 radical (unpaired) electrons. The van der Waals surface area contributed by atoms with Crippen LogP contribution >= 0.6 is 0 Å². The van der Waals surface area contributed by atoms with Crippen molar-refractivity contribution in [2.24, 2.45) is 0 Å². The number of hydrogen-bond acceptors (Lipinski definition) is 0. The zero-order valence-corrected chi connectivity index (χ0v) is 31.4. The van der Waals surface area contributed by atoms with E-state index in [0.29, 0.717) is 0 Å². The van der Waals surface area contributed by atoms with Crippen LogP contribution in [0.3, 0.4) is 0 Å². The normalized spacial score (nSPS) is 12.1. The molecule has 0 fully saturated rings. The van der Waals surface area contributed by atoms with Crippen molar-refractivity contribution in [1.82, 2.24) is 18.3 Å². The summed E-state index contributed by atoms with van der Waals surface area (Å²) >= 11 is 0. The highest BCUT2D eigenvalue weighted by Crippen LogP contribution is 2.44. The van der Waals surface area contributed by atoms with Crippen molar-refractivity contribution in [3.8, 4) is 22.7 Å². The van der Waals surface area contributed by atoms with E-state index in [4.69, 9.17) is 0 Å². The van der Waals surface area contributed by atoms with Gasteiger partial charge in [0.1, 0.15) is 0 Å². The van der Waals surface area contributed by atoms with Crippen LogP contribution in [0.2, 0.25) is 0 Å². The van der Waals surface area contributed by atoms with Crippen LogP contribution in [0.25, 0.3) is 110 Å². The maximum atomic E-state index is 2.51. The van der Waals surface area contributed by atoms with Crippen LogP contribution < -0.4 is 0 Å². The Bertz CT molecular complexity index is 3780. The predicted molar refractivity (Wildman–Crippen MR) is 244 cm³/mol. The van der Waals surface area contributed by atoms with Crippen molar-refractivity contribution in [1.29, 1.82) is 0 Å². The molecule has 9 aromatic carbocycles. The molecule has 4 heteroatoms. The van der Waals surface area contributed by atoms with E-state index in [1.165, 1.54) is 87.2 Å². The highest BCUT2D eigenvalue weighted by molar-refractivity contribution is 6.24. The largest absolute Gasteiger partial charge is 0.309 e. The Morgan fingerprint density at radius 3 is 1.07 bits per heavy atom. The second kappa shape index (κ2) is 11.8. The van der Waals surface area contributed by atoms with E-state index < -0.39 is 0 Å². The molecule has 0 saturated heterocycles. The zero-order valence-electron chi connectivity index (χ0n) is 31.4. The van der Waals surface area contributed by atoms with Gasteiger partial charge >= 0.3 is 0 Å². The van der Waals surface area contributed by atoms with Gasteiger partial charge in [-0.1, -0.05) is 127 Å². The molecule has 13 aromatic rings. The molecule has 0 aliphatic rings. The molecule has 0 aliphatic heterocycles. The number of hydrogen-bond donors (Lipinski definition) is 0. The Kier molecular flexibility index (Phi) is 6.41. The Morgan fingerprint density at radius 1 is 0.190 bits per heavy atom. The van der Waals surface area contributed by atoms with Crippen LogP contribution in [-0.4, -0.2) is 18.3 Å². The van der Waals surface area contributed by atoms with Gasteiger partial charge in [0.15, 0.2) is 0 Å². The summed E-state index contributed by atoms with van der Waals surface area (Å²) in [6.07, 6.45) is 0. The van der Waals surface area contributed by atoms with Crippen LogP contribution in [0.5, 0.6) is 0 Å². The maximum absolute atomic E-state index is 2.51. The minimum Gasteiger partial charge on any atom is -0.309 e. The van der Waals surface area contributed by atoms with Crippen molar-refractivity contribution >= 4 is 87.2 Å². The number of aromatic nitrogens is 4. The lowest BCUT2D eigenvalue weighted by Crippen LogP contribution is -2.00. The number of para-hydroxylation sites is 6. The van der Waals surface area contributed by atoms with Gasteiger partial charge in [0.2, 0.25) is 0 Å². The summed E-state index contributed by atoms with van der Waals surface area (Å²) < 4.78 is 9.82. The molecule has 0 bridgehead atoms. The lowest BCUT2D eigenvalue weighted by molar-refractivity contribution is 1.14. The van der Waals surface area contributed by atoms with Crippen molar-refractivity contribution in [2.45, 2.75) is 0 Å². The monoisotopic (exact) mass is 738 g/mol. The Labute approximate surface area is 333 Å². The van der Waals surface area contributed by atoms with Crippen molar-refractivity contribution in [3.05, 3.63) is 206 Å². The summed E-state index contributed by atoms with van der Waals surface area (Å²) in [5, 5.41) is 9.91. The van der Waals surface area contributed by atoms with Crippen LogP contribution in [0.15, 0.2) is 206 Å². The summed E-state index contributed by atoms with van der Waals surface area (Å²) in [5.41, 5.74) is 14.1. The van der Waals surface area contributed by atoms with E-state index in [1.54, 1.807) is 0 Å². The highest BCUT2D eigenvalue weighted by Gasteiger charge is 2.23. The van der Waals surface area contributed by atoms with E-state index in [-0.39, 0.29) is 0 Å². The third-order valence-corrected chi connectivity index (χ3v) is 12.3. The lowest BCUT2D eigenvalue weighted by Gasteiger charge is -2.14. The fraction of sp³-hybridized carbons (Fsp3) is 0. The summed E-state index contributed by atoms with van der Waals surface area (Å²) in [4.78, 5) is 0. The van der Waals surface area contributed by atoms with E-state index in [1.807, 2.05) is 0 Å². The first kappa shape index (κ1) is 31.4. The summed E-state index contributed by atoms with van der Waals surface area (Å²) in [6.45, 7) is 0. The van der Waals surface area contributed by atoms with Gasteiger partial charge in [-0.2, -0.15) is 0 Å². The molecule has 0 aliphatic carbocycles. The predicted octanol–water partition coefficient (Wildman–Crippen LogP) is 14.1. The van der Waals surface area contributed by atoms with Crippen LogP contribution in [-0.2, 0) is 0 Å². The number of nitrogens with zero attached hydrogens (tertiary/aromatic N) is 4. The van der Waals surface area contributed by atoms with E-state index >= 15 is 0 Å². The van der Waals surface area contributed by atoms with Crippen molar-refractivity contribution < 1.29 is 0 Å². The molecule has 270 valence electrons. The highest BCUT2D eigenvalue weighted by atomic mass is 15.1. The molecule has 0 saturated carbocycles. The van der Waals surface area contributed by atoms with Crippen LogP contribution in [0.1, 0.15) is 0 Å². The molecule has 0 atom stereocenters. The standard InChI is InChI=1S/C54H34N4/c1-3-15-35(16-4-1)55-48-24-12-10-22-42(48)46-33-37(28-32-51(46)55)57-49-25-13-8-20-40(49)44-30-31-45-41-21-9-14-26-50(41)58(54(45)53(44)57)38-27-29-43-39-19-7-11-23-47(39)56(52(43)34-38)36-17-5-2-6-18-36/h1-34H. The quantitative estimate of drug-likeness (QED) is 0.171. The van der Waals surface area contributed by atoms with Gasteiger partial charge in [-0.15, -0.1) is 0 Å². The fourth-order valence-corrected chi connectivity index (χ4v) is 9.95. The van der Waals surface area contributed by atoms with Gasteiger partial charge in [0, 0.05) is 65.8 Å². The van der Waals surface area contributed by atoms with Crippen LogP contribution in [0.4, 0.5) is 0 Å². The van der Waals surface area contributed by atoms with E-state index in [0.717, 1.165) is 22.7 Å². The van der Waals surface area contributed by atoms with Crippen LogP contribution in [0, 0.1) is 0 Å². The fourth-order valence-electron chi connectivity index (χ4n) is 9.95. The summed E-state index contributed by atoms with van der Waals surface area (Å²) in [5.74, 6) is 0.